The summed E-state index contributed by atoms with van der Waals surface area (Å²) in [4.78, 5) is 11.3. The molecule has 0 bridgehead atoms. The summed E-state index contributed by atoms with van der Waals surface area (Å²) in [7, 11) is 2.20. The van der Waals surface area contributed by atoms with Crippen LogP contribution in [0.15, 0.2) is 6.33 Å². The highest BCUT2D eigenvalue weighted by Crippen LogP contribution is 2.25. The zero-order valence-electron chi connectivity index (χ0n) is 11.2. The van der Waals surface area contributed by atoms with Gasteiger partial charge in [-0.2, -0.15) is 0 Å². The minimum atomic E-state index is 0.585. The van der Waals surface area contributed by atoms with Crippen LogP contribution in [-0.2, 0) is 12.8 Å². The number of likely N-dealkylation sites (tertiary alicyclic amines) is 1. The summed E-state index contributed by atoms with van der Waals surface area (Å²) in [6.45, 7) is 2.37. The van der Waals surface area contributed by atoms with Crippen molar-refractivity contribution in [2.24, 2.45) is 0 Å². The number of anilines is 1. The summed E-state index contributed by atoms with van der Waals surface area (Å²) in [5.74, 6) is 1.11. The van der Waals surface area contributed by atoms with Crippen LogP contribution >= 0.6 is 0 Å². The van der Waals surface area contributed by atoms with E-state index in [1.165, 1.54) is 50.0 Å². The molecule has 0 radical (unpaired) electrons. The van der Waals surface area contributed by atoms with Crippen LogP contribution in [0.5, 0.6) is 0 Å². The maximum absolute atomic E-state index is 4.47. The third-order valence-electron chi connectivity index (χ3n) is 4.18. The molecule has 1 fully saturated rings. The Labute approximate surface area is 109 Å². The molecule has 18 heavy (non-hydrogen) atoms. The van der Waals surface area contributed by atoms with Gasteiger partial charge in [0.2, 0.25) is 0 Å². The van der Waals surface area contributed by atoms with Crippen molar-refractivity contribution in [2.75, 3.05) is 25.5 Å². The Balaban J connectivity index is 1.72. The second-order valence-electron chi connectivity index (χ2n) is 5.58. The largest absolute Gasteiger partial charge is 0.367 e. The molecule has 0 amide bonds. The van der Waals surface area contributed by atoms with Gasteiger partial charge < -0.3 is 10.2 Å². The van der Waals surface area contributed by atoms with Crippen LogP contribution < -0.4 is 5.32 Å². The van der Waals surface area contributed by atoms with E-state index in [0.29, 0.717) is 6.04 Å². The van der Waals surface area contributed by atoms with Gasteiger partial charge in [0, 0.05) is 17.3 Å². The van der Waals surface area contributed by atoms with E-state index in [9.17, 15) is 0 Å². The summed E-state index contributed by atoms with van der Waals surface area (Å²) >= 11 is 0. The molecule has 2 aliphatic rings. The molecular weight excluding hydrogens is 224 g/mol. The molecule has 0 spiro atoms. The van der Waals surface area contributed by atoms with Crippen LogP contribution in [-0.4, -0.2) is 41.0 Å². The third kappa shape index (κ3) is 2.48. The number of fused-ring (bicyclic) bond motifs is 1. The van der Waals surface area contributed by atoms with Gasteiger partial charge in [-0.25, -0.2) is 9.97 Å². The molecule has 0 unspecified atom stereocenters. The van der Waals surface area contributed by atoms with Gasteiger partial charge >= 0.3 is 0 Å². The predicted molar refractivity (Wildman–Crippen MR) is 72.8 cm³/mol. The van der Waals surface area contributed by atoms with Crippen molar-refractivity contribution in [3.8, 4) is 0 Å². The molecule has 98 valence electrons. The number of rotatable bonds is 2. The Morgan fingerprint density at radius 2 is 1.94 bits per heavy atom. The summed E-state index contributed by atoms with van der Waals surface area (Å²) in [6, 6.07) is 0.585. The first-order valence-electron chi connectivity index (χ1n) is 7.11. The van der Waals surface area contributed by atoms with Gasteiger partial charge in [-0.05, 0) is 58.7 Å². The smallest absolute Gasteiger partial charge is 0.133 e. The van der Waals surface area contributed by atoms with Gasteiger partial charge in [0.25, 0.3) is 0 Å². The lowest BCUT2D eigenvalue weighted by molar-refractivity contribution is 0.263. The van der Waals surface area contributed by atoms with Crippen molar-refractivity contribution in [3.05, 3.63) is 17.6 Å². The molecule has 0 atom stereocenters. The van der Waals surface area contributed by atoms with Crippen molar-refractivity contribution in [3.63, 3.8) is 0 Å². The Bertz CT molecular complexity index is 410. The van der Waals surface area contributed by atoms with E-state index in [2.05, 4.69) is 27.2 Å². The normalized spacial score (nSPS) is 21.6. The van der Waals surface area contributed by atoms with Gasteiger partial charge in [-0.3, -0.25) is 0 Å². The monoisotopic (exact) mass is 246 g/mol. The lowest BCUT2D eigenvalue weighted by Crippen LogP contribution is -2.37. The Morgan fingerprint density at radius 1 is 1.17 bits per heavy atom. The SMILES string of the molecule is CN1CCC(Nc2ncnc3c2CCCC3)CC1. The van der Waals surface area contributed by atoms with E-state index >= 15 is 0 Å². The molecule has 1 aromatic heterocycles. The minimum absolute atomic E-state index is 0.585. The van der Waals surface area contributed by atoms with Gasteiger partial charge in [-0.1, -0.05) is 0 Å². The average Bonchev–Trinajstić information content (AvgIpc) is 2.42. The standard InChI is InChI=1S/C14H22N4/c1-18-8-6-11(7-9-18)17-14-12-4-2-3-5-13(12)15-10-16-14/h10-11H,2-9H2,1H3,(H,15,16,17). The number of aromatic nitrogens is 2. The van der Waals surface area contributed by atoms with E-state index in [-0.39, 0.29) is 0 Å². The molecule has 3 rings (SSSR count). The summed E-state index contributed by atoms with van der Waals surface area (Å²) < 4.78 is 0. The molecule has 4 nitrogen and oxygen atoms in total. The molecule has 1 aliphatic heterocycles. The van der Waals surface area contributed by atoms with E-state index in [0.717, 1.165) is 18.7 Å². The topological polar surface area (TPSA) is 41.0 Å². The molecule has 0 aromatic carbocycles. The third-order valence-corrected chi connectivity index (χ3v) is 4.18. The van der Waals surface area contributed by atoms with E-state index in [1.807, 2.05) is 0 Å². The van der Waals surface area contributed by atoms with Gasteiger partial charge in [0.1, 0.15) is 12.1 Å². The number of aryl methyl sites for hydroxylation is 1. The molecule has 4 heteroatoms. The van der Waals surface area contributed by atoms with Crippen LogP contribution in [0.1, 0.15) is 36.9 Å². The summed E-state index contributed by atoms with van der Waals surface area (Å²) in [5.41, 5.74) is 2.65. The number of piperidine rings is 1. The fraction of sp³-hybridized carbons (Fsp3) is 0.714. The van der Waals surface area contributed by atoms with Crippen molar-refractivity contribution < 1.29 is 0 Å². The molecular formula is C14H22N4. The highest BCUT2D eigenvalue weighted by molar-refractivity contribution is 5.47. The lowest BCUT2D eigenvalue weighted by Gasteiger charge is -2.30. The summed E-state index contributed by atoms with van der Waals surface area (Å²) in [5, 5.41) is 3.65. The van der Waals surface area contributed by atoms with Crippen molar-refractivity contribution in [2.45, 2.75) is 44.6 Å². The lowest BCUT2D eigenvalue weighted by atomic mass is 9.96. The van der Waals surface area contributed by atoms with E-state index in [4.69, 9.17) is 0 Å². The van der Waals surface area contributed by atoms with Crippen molar-refractivity contribution >= 4 is 5.82 Å². The van der Waals surface area contributed by atoms with Crippen LogP contribution in [0.3, 0.4) is 0 Å². The van der Waals surface area contributed by atoms with Crippen molar-refractivity contribution in [1.82, 2.24) is 14.9 Å². The highest BCUT2D eigenvalue weighted by atomic mass is 15.1. The van der Waals surface area contributed by atoms with E-state index < -0.39 is 0 Å². The molecule has 1 N–H and O–H groups in total. The molecule has 2 heterocycles. The fourth-order valence-electron chi connectivity index (χ4n) is 2.99. The van der Waals surface area contributed by atoms with Crippen LogP contribution in [0.25, 0.3) is 0 Å². The Hall–Kier alpha value is -1.16. The second kappa shape index (κ2) is 5.22. The van der Waals surface area contributed by atoms with Gasteiger partial charge in [-0.15, -0.1) is 0 Å². The maximum atomic E-state index is 4.47. The quantitative estimate of drug-likeness (QED) is 0.865. The highest BCUT2D eigenvalue weighted by Gasteiger charge is 2.20. The first-order valence-corrected chi connectivity index (χ1v) is 7.11. The number of hydrogen-bond donors (Lipinski definition) is 1. The Kier molecular flexibility index (Phi) is 3.46. The minimum Gasteiger partial charge on any atom is -0.367 e. The molecule has 1 aromatic rings. The zero-order valence-corrected chi connectivity index (χ0v) is 11.2. The van der Waals surface area contributed by atoms with Crippen LogP contribution in [0.4, 0.5) is 5.82 Å². The Morgan fingerprint density at radius 3 is 2.78 bits per heavy atom. The van der Waals surface area contributed by atoms with Gasteiger partial charge in [0.05, 0.1) is 0 Å². The number of nitrogens with zero attached hydrogens (tertiary/aromatic N) is 3. The van der Waals surface area contributed by atoms with Crippen molar-refractivity contribution in [1.29, 1.82) is 0 Å². The number of nitrogens with one attached hydrogen (secondary N) is 1. The second-order valence-corrected chi connectivity index (χ2v) is 5.58. The van der Waals surface area contributed by atoms with Crippen LogP contribution in [0, 0.1) is 0 Å². The summed E-state index contributed by atoms with van der Waals surface area (Å²) in [6.07, 6.45) is 8.98. The van der Waals surface area contributed by atoms with Crippen LogP contribution in [0.2, 0.25) is 0 Å². The molecule has 1 saturated heterocycles. The molecule has 0 saturated carbocycles. The fourth-order valence-corrected chi connectivity index (χ4v) is 2.99. The molecule has 1 aliphatic carbocycles. The van der Waals surface area contributed by atoms with Gasteiger partial charge in [0.15, 0.2) is 0 Å². The average molecular weight is 246 g/mol. The van der Waals surface area contributed by atoms with E-state index in [1.54, 1.807) is 6.33 Å². The first kappa shape index (κ1) is 11.9. The zero-order chi connectivity index (χ0) is 12.4. The predicted octanol–water partition coefficient (Wildman–Crippen LogP) is 1.86. The number of hydrogen-bond acceptors (Lipinski definition) is 4. The first-order chi connectivity index (χ1) is 8.83. The maximum Gasteiger partial charge on any atom is 0.133 e.